The number of hydrogen-bond acceptors (Lipinski definition) is 5. The quantitative estimate of drug-likeness (QED) is 0.713. The molecule has 0 amide bonds. The van der Waals surface area contributed by atoms with Gasteiger partial charge in [0.2, 0.25) is 0 Å². The molecule has 106 valence electrons. The van der Waals surface area contributed by atoms with Crippen LogP contribution in [-0.4, -0.2) is 54.8 Å². The fourth-order valence-electron chi connectivity index (χ4n) is 2.05. The van der Waals surface area contributed by atoms with Crippen LogP contribution < -0.4 is 0 Å². The molecule has 1 atom stereocenters. The third-order valence-corrected chi connectivity index (χ3v) is 6.64. The number of hydrogen-bond donors (Lipinski definition) is 0. The van der Waals surface area contributed by atoms with Gasteiger partial charge in [-0.15, -0.1) is 0 Å². The summed E-state index contributed by atoms with van der Waals surface area (Å²) in [4.78, 5) is 13.3. The minimum absolute atomic E-state index is 0.197. The lowest BCUT2D eigenvalue weighted by molar-refractivity contribution is -0.118. The third-order valence-electron chi connectivity index (χ3n) is 3.30. The van der Waals surface area contributed by atoms with E-state index < -0.39 is 9.84 Å². The summed E-state index contributed by atoms with van der Waals surface area (Å²) in [5.41, 5.74) is 0. The van der Waals surface area contributed by atoms with E-state index in [9.17, 15) is 13.2 Å². The molecule has 1 unspecified atom stereocenters. The summed E-state index contributed by atoms with van der Waals surface area (Å²) in [5, 5.41) is -0.349. The van der Waals surface area contributed by atoms with Gasteiger partial charge in [0.25, 0.3) is 0 Å². The maximum atomic E-state index is 12.0. The Kier molecular flexibility index (Phi) is 6.66. The van der Waals surface area contributed by atoms with Crippen molar-refractivity contribution >= 4 is 27.4 Å². The number of carbonyl (C=O) groups is 1. The normalized spacial score (nSPS) is 22.0. The Hall–Kier alpha value is -0.0700. The van der Waals surface area contributed by atoms with Gasteiger partial charge in [-0.25, -0.2) is 8.42 Å². The van der Waals surface area contributed by atoms with Crippen LogP contribution in [0.1, 0.15) is 33.1 Å². The highest BCUT2D eigenvalue weighted by atomic mass is 32.2. The van der Waals surface area contributed by atoms with Crippen molar-refractivity contribution in [3.63, 3.8) is 0 Å². The predicted molar refractivity (Wildman–Crippen MR) is 76.7 cm³/mol. The molecule has 0 N–H and O–H groups in total. The average molecular weight is 293 g/mol. The molecule has 4 nitrogen and oxygen atoms in total. The second-order valence-electron chi connectivity index (χ2n) is 4.51. The number of carbonyl (C=O) groups excluding carboxylic acids is 1. The van der Waals surface area contributed by atoms with Gasteiger partial charge < -0.3 is 0 Å². The minimum Gasteiger partial charge on any atom is -0.300 e. The first kappa shape index (κ1) is 16.0. The molecule has 1 rings (SSSR count). The van der Waals surface area contributed by atoms with E-state index in [4.69, 9.17) is 0 Å². The summed E-state index contributed by atoms with van der Waals surface area (Å²) in [6, 6.07) is 0. The highest BCUT2D eigenvalue weighted by molar-refractivity contribution is 8.01. The van der Waals surface area contributed by atoms with Crippen LogP contribution >= 0.6 is 11.8 Å². The predicted octanol–water partition coefficient (Wildman–Crippen LogP) is 1.56. The number of nitrogens with zero attached hydrogens (tertiary/aromatic N) is 1. The van der Waals surface area contributed by atoms with Gasteiger partial charge in [-0.2, -0.15) is 11.8 Å². The fourth-order valence-corrected chi connectivity index (χ4v) is 5.16. The molecule has 0 spiro atoms. The van der Waals surface area contributed by atoms with E-state index >= 15 is 0 Å². The molecule has 1 aliphatic rings. The summed E-state index contributed by atoms with van der Waals surface area (Å²) in [5.74, 6) is 2.11. The summed E-state index contributed by atoms with van der Waals surface area (Å²) >= 11 is 1.71. The van der Waals surface area contributed by atoms with E-state index in [1.807, 2.05) is 11.8 Å². The van der Waals surface area contributed by atoms with E-state index in [0.717, 1.165) is 25.3 Å². The highest BCUT2D eigenvalue weighted by Crippen LogP contribution is 2.21. The van der Waals surface area contributed by atoms with Crippen molar-refractivity contribution in [3.05, 3.63) is 0 Å². The Morgan fingerprint density at radius 3 is 2.72 bits per heavy atom. The molecule has 0 aromatic heterocycles. The zero-order chi connectivity index (χ0) is 13.6. The fraction of sp³-hybridized carbons (Fsp3) is 0.917. The zero-order valence-corrected chi connectivity index (χ0v) is 12.9. The van der Waals surface area contributed by atoms with Crippen molar-refractivity contribution < 1.29 is 13.2 Å². The lowest BCUT2D eigenvalue weighted by Gasteiger charge is -2.34. The SMILES string of the molecule is CCC(=O)CCCN1CCSCC1S(=O)(=O)CC. The summed E-state index contributed by atoms with van der Waals surface area (Å²) in [6.07, 6.45) is 1.92. The van der Waals surface area contributed by atoms with Crippen LogP contribution in [0.2, 0.25) is 0 Å². The van der Waals surface area contributed by atoms with Crippen LogP contribution in [0.25, 0.3) is 0 Å². The van der Waals surface area contributed by atoms with Crippen LogP contribution in [-0.2, 0) is 14.6 Å². The highest BCUT2D eigenvalue weighted by Gasteiger charge is 2.32. The van der Waals surface area contributed by atoms with Crippen molar-refractivity contribution in [1.29, 1.82) is 0 Å². The summed E-state index contributed by atoms with van der Waals surface area (Å²) in [6.45, 7) is 5.10. The van der Waals surface area contributed by atoms with Crippen molar-refractivity contribution in [2.45, 2.75) is 38.5 Å². The Labute approximate surface area is 114 Å². The molecule has 0 aromatic rings. The second-order valence-corrected chi connectivity index (χ2v) is 8.11. The molecule has 1 heterocycles. The van der Waals surface area contributed by atoms with Gasteiger partial charge in [0.05, 0.1) is 0 Å². The van der Waals surface area contributed by atoms with Crippen molar-refractivity contribution in [2.24, 2.45) is 0 Å². The Bertz CT molecular complexity index is 368. The zero-order valence-electron chi connectivity index (χ0n) is 11.2. The molecule has 1 aliphatic heterocycles. The molecular weight excluding hydrogens is 270 g/mol. The number of sulfone groups is 1. The standard InChI is InChI=1S/C12H23NO3S2/c1-3-11(14)6-5-7-13-8-9-17-10-12(13)18(15,16)4-2/h12H,3-10H2,1-2H3. The van der Waals surface area contributed by atoms with Gasteiger partial charge >= 0.3 is 0 Å². The topological polar surface area (TPSA) is 54.5 Å². The third kappa shape index (κ3) is 4.55. The minimum atomic E-state index is -3.01. The lowest BCUT2D eigenvalue weighted by Crippen LogP contribution is -2.48. The summed E-state index contributed by atoms with van der Waals surface area (Å²) in [7, 11) is -3.01. The number of thioether (sulfide) groups is 1. The van der Waals surface area contributed by atoms with Gasteiger partial charge in [-0.1, -0.05) is 13.8 Å². The molecule has 0 aromatic carbocycles. The maximum absolute atomic E-state index is 12.0. The molecule has 1 fully saturated rings. The second kappa shape index (κ2) is 7.50. The van der Waals surface area contributed by atoms with Crippen LogP contribution in [0.15, 0.2) is 0 Å². The molecule has 0 saturated carbocycles. The van der Waals surface area contributed by atoms with Gasteiger partial charge in [0.15, 0.2) is 9.84 Å². The monoisotopic (exact) mass is 293 g/mol. The Balaban J connectivity index is 2.53. The molecule has 1 saturated heterocycles. The van der Waals surface area contributed by atoms with Gasteiger partial charge in [-0.3, -0.25) is 9.69 Å². The molecule has 0 bridgehead atoms. The van der Waals surface area contributed by atoms with Gasteiger partial charge in [-0.05, 0) is 13.0 Å². The average Bonchev–Trinajstić information content (AvgIpc) is 2.39. The first-order valence-electron chi connectivity index (χ1n) is 6.56. The van der Waals surface area contributed by atoms with Crippen molar-refractivity contribution in [3.8, 4) is 0 Å². The number of ketones is 1. The van der Waals surface area contributed by atoms with Crippen molar-refractivity contribution in [2.75, 3.05) is 30.3 Å². The van der Waals surface area contributed by atoms with E-state index in [1.165, 1.54) is 0 Å². The maximum Gasteiger partial charge on any atom is 0.166 e. The first-order chi connectivity index (χ1) is 8.51. The Morgan fingerprint density at radius 1 is 1.39 bits per heavy atom. The molecule has 0 aliphatic carbocycles. The van der Waals surface area contributed by atoms with Crippen LogP contribution in [0.4, 0.5) is 0 Å². The largest absolute Gasteiger partial charge is 0.300 e. The van der Waals surface area contributed by atoms with Crippen LogP contribution in [0.5, 0.6) is 0 Å². The van der Waals surface area contributed by atoms with Crippen LogP contribution in [0, 0.1) is 0 Å². The van der Waals surface area contributed by atoms with E-state index in [1.54, 1.807) is 18.7 Å². The van der Waals surface area contributed by atoms with Gasteiger partial charge in [0, 0.05) is 36.6 Å². The molecule has 18 heavy (non-hydrogen) atoms. The lowest BCUT2D eigenvalue weighted by atomic mass is 10.2. The number of Topliss-reactive ketones (excluding diaryl/α,β-unsaturated/α-hetero) is 1. The van der Waals surface area contributed by atoms with Gasteiger partial charge in [0.1, 0.15) is 11.2 Å². The first-order valence-corrected chi connectivity index (χ1v) is 9.43. The smallest absolute Gasteiger partial charge is 0.166 e. The van der Waals surface area contributed by atoms with E-state index in [0.29, 0.717) is 18.6 Å². The van der Waals surface area contributed by atoms with Crippen LogP contribution in [0.3, 0.4) is 0 Å². The van der Waals surface area contributed by atoms with E-state index in [2.05, 4.69) is 0 Å². The van der Waals surface area contributed by atoms with Crippen molar-refractivity contribution in [1.82, 2.24) is 4.90 Å². The molecule has 0 radical (unpaired) electrons. The van der Waals surface area contributed by atoms with E-state index in [-0.39, 0.29) is 16.9 Å². The molecule has 6 heteroatoms. The number of rotatable bonds is 7. The molecular formula is C12H23NO3S2. The summed E-state index contributed by atoms with van der Waals surface area (Å²) < 4.78 is 24.0. The Morgan fingerprint density at radius 2 is 2.11 bits per heavy atom.